The van der Waals surface area contributed by atoms with Crippen molar-refractivity contribution in [3.05, 3.63) is 0 Å². The van der Waals surface area contributed by atoms with Gasteiger partial charge in [0.1, 0.15) is 0 Å². The van der Waals surface area contributed by atoms with Gasteiger partial charge in [0.05, 0.1) is 0 Å². The molecule has 0 aromatic rings. The molecule has 8 heavy (non-hydrogen) atoms. The quantitative estimate of drug-likeness (QED) is 0.570. The van der Waals surface area contributed by atoms with Crippen LogP contribution in [0.5, 0.6) is 0 Å². The first kappa shape index (κ1) is 6.09. The first-order chi connectivity index (χ1) is 3.84. The van der Waals surface area contributed by atoms with Gasteiger partial charge in [-0.2, -0.15) is 0 Å². The van der Waals surface area contributed by atoms with Gasteiger partial charge in [-0.05, 0) is 25.3 Å². The number of hydrogen-bond acceptors (Lipinski definition) is 1. The Bertz CT molecular complexity index is 70.8. The third kappa shape index (κ3) is 1.03. The van der Waals surface area contributed by atoms with Gasteiger partial charge in [0.2, 0.25) is 0 Å². The number of nitrogens with one attached hydrogen (secondary N) is 1. The van der Waals surface area contributed by atoms with Gasteiger partial charge >= 0.3 is 0 Å². The highest BCUT2D eigenvalue weighted by Crippen LogP contribution is 2.25. The van der Waals surface area contributed by atoms with Crippen molar-refractivity contribution in [2.45, 2.75) is 32.7 Å². The van der Waals surface area contributed by atoms with E-state index in [1.54, 1.807) is 0 Å². The Labute approximate surface area is 51.5 Å². The summed E-state index contributed by atoms with van der Waals surface area (Å²) in [7, 11) is 0. The summed E-state index contributed by atoms with van der Waals surface area (Å²) >= 11 is 0. The topological polar surface area (TPSA) is 12.0 Å². The summed E-state index contributed by atoms with van der Waals surface area (Å²) in [6.45, 7) is 5.62. The van der Waals surface area contributed by atoms with Crippen molar-refractivity contribution >= 4 is 0 Å². The predicted octanol–water partition coefficient (Wildman–Crippen LogP) is 1.39. The van der Waals surface area contributed by atoms with Crippen LogP contribution in [0.4, 0.5) is 0 Å². The molecule has 1 aliphatic carbocycles. The van der Waals surface area contributed by atoms with E-state index in [0.717, 1.165) is 18.5 Å². The monoisotopic (exact) mass is 113 g/mol. The van der Waals surface area contributed by atoms with Gasteiger partial charge in [-0.25, -0.2) is 0 Å². The normalized spacial score (nSPS) is 36.8. The lowest BCUT2D eigenvalue weighted by atomic mass is 9.81. The van der Waals surface area contributed by atoms with E-state index < -0.39 is 0 Å². The minimum absolute atomic E-state index is 0.847. The summed E-state index contributed by atoms with van der Waals surface area (Å²) in [6.07, 6.45) is 2.83. The fourth-order valence-electron chi connectivity index (χ4n) is 1.23. The van der Waals surface area contributed by atoms with Gasteiger partial charge in [-0.3, -0.25) is 0 Å². The van der Waals surface area contributed by atoms with Crippen molar-refractivity contribution in [2.24, 2.45) is 5.92 Å². The van der Waals surface area contributed by atoms with Crippen LogP contribution in [0.1, 0.15) is 26.7 Å². The van der Waals surface area contributed by atoms with Crippen LogP contribution in [-0.2, 0) is 0 Å². The second-order valence-electron chi connectivity index (χ2n) is 2.72. The zero-order chi connectivity index (χ0) is 5.98. The molecule has 1 fully saturated rings. The SMILES string of the molecule is CCNC1CC[C@H]1C. The third-order valence-electron chi connectivity index (χ3n) is 2.09. The van der Waals surface area contributed by atoms with Crippen molar-refractivity contribution in [3.8, 4) is 0 Å². The van der Waals surface area contributed by atoms with E-state index in [1.807, 2.05) is 0 Å². The van der Waals surface area contributed by atoms with Gasteiger partial charge in [-0.1, -0.05) is 13.8 Å². The Morgan fingerprint density at radius 3 is 2.38 bits per heavy atom. The molecule has 0 bridgehead atoms. The van der Waals surface area contributed by atoms with Gasteiger partial charge < -0.3 is 5.32 Å². The van der Waals surface area contributed by atoms with Crippen LogP contribution in [0.2, 0.25) is 0 Å². The standard InChI is InChI=1S/C7H15N/c1-3-8-7-5-4-6(7)2/h6-8H,3-5H2,1-2H3/t6-,7?/m1/s1. The van der Waals surface area contributed by atoms with Crippen LogP contribution in [-0.4, -0.2) is 12.6 Å². The molecule has 0 aromatic carbocycles. The Morgan fingerprint density at radius 1 is 1.50 bits per heavy atom. The molecule has 1 rings (SSSR count). The Hall–Kier alpha value is -0.0400. The minimum atomic E-state index is 0.847. The van der Waals surface area contributed by atoms with Crippen molar-refractivity contribution in [2.75, 3.05) is 6.54 Å². The van der Waals surface area contributed by atoms with Crippen molar-refractivity contribution < 1.29 is 0 Å². The molecular weight excluding hydrogens is 98.1 g/mol. The lowest BCUT2D eigenvalue weighted by molar-refractivity contribution is 0.233. The van der Waals surface area contributed by atoms with Crippen LogP contribution >= 0.6 is 0 Å². The molecular formula is C7H15N. The third-order valence-corrected chi connectivity index (χ3v) is 2.09. The molecule has 0 spiro atoms. The second kappa shape index (κ2) is 2.49. The molecule has 2 atom stereocenters. The summed E-state index contributed by atoms with van der Waals surface area (Å²) in [4.78, 5) is 0. The molecule has 0 amide bonds. The lowest BCUT2D eigenvalue weighted by Crippen LogP contribution is -2.42. The fourth-order valence-corrected chi connectivity index (χ4v) is 1.23. The molecule has 0 heterocycles. The summed E-state index contributed by atoms with van der Waals surface area (Å²) < 4.78 is 0. The van der Waals surface area contributed by atoms with E-state index in [4.69, 9.17) is 0 Å². The zero-order valence-corrected chi connectivity index (χ0v) is 5.78. The summed E-state index contributed by atoms with van der Waals surface area (Å²) in [5, 5.41) is 3.43. The van der Waals surface area contributed by atoms with Crippen LogP contribution in [0.25, 0.3) is 0 Å². The van der Waals surface area contributed by atoms with E-state index in [9.17, 15) is 0 Å². The van der Waals surface area contributed by atoms with Gasteiger partial charge in [0.15, 0.2) is 0 Å². The van der Waals surface area contributed by atoms with Gasteiger partial charge in [0.25, 0.3) is 0 Å². The van der Waals surface area contributed by atoms with Crippen LogP contribution in [0.3, 0.4) is 0 Å². The zero-order valence-electron chi connectivity index (χ0n) is 5.78. The molecule has 1 nitrogen and oxygen atoms in total. The van der Waals surface area contributed by atoms with Crippen molar-refractivity contribution in [1.29, 1.82) is 0 Å². The van der Waals surface area contributed by atoms with Crippen molar-refractivity contribution in [3.63, 3.8) is 0 Å². The number of hydrogen-bond donors (Lipinski definition) is 1. The molecule has 1 N–H and O–H groups in total. The molecule has 1 heteroatoms. The number of rotatable bonds is 2. The Kier molecular flexibility index (Phi) is 1.90. The molecule has 1 unspecified atom stereocenters. The lowest BCUT2D eigenvalue weighted by Gasteiger charge is -2.34. The van der Waals surface area contributed by atoms with Gasteiger partial charge in [0, 0.05) is 6.04 Å². The average Bonchev–Trinajstić information content (AvgIpc) is 1.79. The highest BCUT2D eigenvalue weighted by Gasteiger charge is 2.24. The van der Waals surface area contributed by atoms with Crippen LogP contribution in [0.15, 0.2) is 0 Å². The Morgan fingerprint density at radius 2 is 2.25 bits per heavy atom. The second-order valence-corrected chi connectivity index (χ2v) is 2.72. The smallest absolute Gasteiger partial charge is 0.00926 e. The maximum Gasteiger partial charge on any atom is 0.00926 e. The molecule has 1 saturated carbocycles. The molecule has 0 aliphatic heterocycles. The van der Waals surface area contributed by atoms with E-state index >= 15 is 0 Å². The summed E-state index contributed by atoms with van der Waals surface area (Å²) in [5.74, 6) is 0.940. The fraction of sp³-hybridized carbons (Fsp3) is 1.00. The van der Waals surface area contributed by atoms with E-state index in [-0.39, 0.29) is 0 Å². The van der Waals surface area contributed by atoms with Crippen LogP contribution < -0.4 is 5.32 Å². The van der Waals surface area contributed by atoms with E-state index in [0.29, 0.717) is 0 Å². The van der Waals surface area contributed by atoms with Crippen LogP contribution in [0, 0.1) is 5.92 Å². The molecule has 1 aliphatic rings. The molecule has 0 radical (unpaired) electrons. The first-order valence-electron chi connectivity index (χ1n) is 3.58. The minimum Gasteiger partial charge on any atom is -0.314 e. The largest absolute Gasteiger partial charge is 0.314 e. The highest BCUT2D eigenvalue weighted by molar-refractivity contribution is 4.82. The molecule has 0 saturated heterocycles. The summed E-state index contributed by atoms with van der Waals surface area (Å²) in [5.41, 5.74) is 0. The van der Waals surface area contributed by atoms with E-state index in [1.165, 1.54) is 12.8 Å². The highest BCUT2D eigenvalue weighted by atomic mass is 14.9. The van der Waals surface area contributed by atoms with E-state index in [2.05, 4.69) is 19.2 Å². The van der Waals surface area contributed by atoms with Crippen molar-refractivity contribution in [1.82, 2.24) is 5.32 Å². The Balaban J connectivity index is 2.08. The molecule has 48 valence electrons. The maximum atomic E-state index is 3.43. The molecule has 0 aromatic heterocycles. The first-order valence-corrected chi connectivity index (χ1v) is 3.58. The summed E-state index contributed by atoms with van der Waals surface area (Å²) in [6, 6.07) is 0.847. The predicted molar refractivity (Wildman–Crippen MR) is 35.9 cm³/mol. The van der Waals surface area contributed by atoms with Gasteiger partial charge in [-0.15, -0.1) is 0 Å². The average molecular weight is 113 g/mol. The maximum absolute atomic E-state index is 3.43.